The summed E-state index contributed by atoms with van der Waals surface area (Å²) in [5.41, 5.74) is 8.93. The number of para-hydroxylation sites is 1. The molecule has 1 aliphatic heterocycles. The number of hydrogen-bond donors (Lipinski definition) is 2. The van der Waals surface area contributed by atoms with Crippen LogP contribution in [0.2, 0.25) is 0 Å². The number of methoxy groups -OCH3 is 1. The molecule has 2 amide bonds. The molecule has 0 unspecified atom stereocenters. The number of rotatable bonds is 8. The zero-order chi connectivity index (χ0) is 31.8. The molecule has 0 fully saturated rings. The molecule has 0 aliphatic carbocycles. The summed E-state index contributed by atoms with van der Waals surface area (Å²) in [7, 11) is 1.32. The van der Waals surface area contributed by atoms with E-state index in [2.05, 4.69) is 5.32 Å². The Hall–Kier alpha value is -4.45. The number of urea groups is 1. The van der Waals surface area contributed by atoms with Crippen LogP contribution in [-0.2, 0) is 38.5 Å². The maximum Gasteiger partial charge on any atom is 0.416 e. The average Bonchev–Trinajstić information content (AvgIpc) is 3.35. The van der Waals surface area contributed by atoms with Crippen LogP contribution >= 0.6 is 0 Å². The van der Waals surface area contributed by atoms with E-state index in [0.29, 0.717) is 48.3 Å². The minimum Gasteiger partial charge on any atom is -0.496 e. The van der Waals surface area contributed by atoms with Gasteiger partial charge in [0.25, 0.3) is 0 Å². The number of halogens is 5. The van der Waals surface area contributed by atoms with Crippen molar-refractivity contribution in [2.45, 2.75) is 52.4 Å². The molecule has 7 nitrogen and oxygen atoms in total. The van der Waals surface area contributed by atoms with Crippen molar-refractivity contribution in [1.29, 1.82) is 0 Å². The third-order valence-corrected chi connectivity index (χ3v) is 7.87. The Morgan fingerprint density at radius 1 is 1.02 bits per heavy atom. The first-order chi connectivity index (χ1) is 20.9. The number of hydrogen-bond acceptors (Lipinski definition) is 4. The zero-order valence-electron chi connectivity index (χ0n) is 24.5. The standard InChI is InChI=1S/C32H32F5N5O2/c1-4-18-7-6-8-19(5-2)29(18)42-30(22-14-25(34)27(15-24(22)33)39-31(38)43)23-17-41(12-11-26(23)40-42)16-20-9-10-21(32(35,36)37)13-28(20)44-3/h6-10,13-15H,4-5,11-12,16-17H2,1-3H3,(H3,38,39,43). The van der Waals surface area contributed by atoms with Crippen LogP contribution in [0.4, 0.5) is 32.4 Å². The van der Waals surface area contributed by atoms with Crippen LogP contribution in [0.3, 0.4) is 0 Å². The summed E-state index contributed by atoms with van der Waals surface area (Å²) in [6, 6.07) is 10.2. The van der Waals surface area contributed by atoms with Gasteiger partial charge in [0.05, 0.1) is 35.4 Å². The van der Waals surface area contributed by atoms with Gasteiger partial charge < -0.3 is 15.8 Å². The lowest BCUT2D eigenvalue weighted by atomic mass is 9.98. The second-order valence-electron chi connectivity index (χ2n) is 10.6. The quantitative estimate of drug-likeness (QED) is 0.209. The van der Waals surface area contributed by atoms with Gasteiger partial charge in [-0.3, -0.25) is 4.90 Å². The molecule has 4 aromatic rings. The van der Waals surface area contributed by atoms with E-state index in [4.69, 9.17) is 15.6 Å². The number of aryl methyl sites for hydroxylation is 2. The first kappa shape index (κ1) is 31.0. The lowest BCUT2D eigenvalue weighted by Crippen LogP contribution is -2.30. The van der Waals surface area contributed by atoms with Crippen LogP contribution in [0.1, 0.15) is 47.4 Å². The molecule has 12 heteroatoms. The van der Waals surface area contributed by atoms with Crippen LogP contribution in [0.5, 0.6) is 5.75 Å². The van der Waals surface area contributed by atoms with Crippen molar-refractivity contribution < 1.29 is 31.5 Å². The van der Waals surface area contributed by atoms with E-state index in [9.17, 15) is 18.0 Å². The second-order valence-corrected chi connectivity index (χ2v) is 10.6. The van der Waals surface area contributed by atoms with Gasteiger partial charge in [0, 0.05) is 48.8 Å². The maximum absolute atomic E-state index is 15.8. The molecular formula is C32H32F5N5O2. The monoisotopic (exact) mass is 613 g/mol. The average molecular weight is 614 g/mol. The number of aromatic nitrogens is 2. The summed E-state index contributed by atoms with van der Waals surface area (Å²) in [6.45, 7) is 5.07. The summed E-state index contributed by atoms with van der Waals surface area (Å²) >= 11 is 0. The molecule has 0 saturated heterocycles. The highest BCUT2D eigenvalue weighted by Gasteiger charge is 2.33. The van der Waals surface area contributed by atoms with Gasteiger partial charge in [-0.1, -0.05) is 38.1 Å². The van der Waals surface area contributed by atoms with Crippen molar-refractivity contribution in [2.24, 2.45) is 5.73 Å². The number of primary amides is 1. The lowest BCUT2D eigenvalue weighted by Gasteiger charge is -2.28. The number of alkyl halides is 3. The van der Waals surface area contributed by atoms with Crippen molar-refractivity contribution in [3.8, 4) is 22.7 Å². The molecule has 0 atom stereocenters. The molecule has 0 bridgehead atoms. The number of anilines is 1. The number of nitrogens with two attached hydrogens (primary N) is 1. The number of fused-ring (bicyclic) bond motifs is 1. The van der Waals surface area contributed by atoms with Crippen molar-refractivity contribution >= 4 is 11.7 Å². The highest BCUT2D eigenvalue weighted by Crippen LogP contribution is 2.39. The summed E-state index contributed by atoms with van der Waals surface area (Å²) in [5, 5.41) is 7.03. The van der Waals surface area contributed by atoms with Gasteiger partial charge >= 0.3 is 12.2 Å². The summed E-state index contributed by atoms with van der Waals surface area (Å²) in [4.78, 5) is 13.4. The van der Waals surface area contributed by atoms with E-state index < -0.39 is 35.1 Å². The first-order valence-electron chi connectivity index (χ1n) is 14.2. The third kappa shape index (κ3) is 5.99. The van der Waals surface area contributed by atoms with Crippen LogP contribution in [0.15, 0.2) is 48.5 Å². The van der Waals surface area contributed by atoms with Crippen LogP contribution < -0.4 is 15.8 Å². The molecule has 0 radical (unpaired) electrons. The summed E-state index contributed by atoms with van der Waals surface area (Å²) in [6.07, 6.45) is -2.70. The van der Waals surface area contributed by atoms with E-state index in [-0.39, 0.29) is 24.4 Å². The Kier molecular flexibility index (Phi) is 8.64. The molecule has 44 heavy (non-hydrogen) atoms. The lowest BCUT2D eigenvalue weighted by molar-refractivity contribution is -0.137. The molecule has 1 aromatic heterocycles. The number of nitrogens with zero attached hydrogens (tertiary/aromatic N) is 3. The highest BCUT2D eigenvalue weighted by atomic mass is 19.4. The van der Waals surface area contributed by atoms with Gasteiger partial charge in [-0.05, 0) is 42.2 Å². The fourth-order valence-electron chi connectivity index (χ4n) is 5.74. The molecule has 2 heterocycles. The fourth-order valence-corrected chi connectivity index (χ4v) is 5.74. The molecule has 0 saturated carbocycles. The van der Waals surface area contributed by atoms with E-state index in [1.165, 1.54) is 13.2 Å². The van der Waals surface area contributed by atoms with E-state index in [0.717, 1.165) is 41.1 Å². The topological polar surface area (TPSA) is 85.4 Å². The Bertz CT molecular complexity index is 1690. The van der Waals surface area contributed by atoms with Gasteiger partial charge in [-0.2, -0.15) is 18.3 Å². The van der Waals surface area contributed by atoms with Crippen molar-refractivity contribution in [2.75, 3.05) is 19.0 Å². The molecule has 3 N–H and O–H groups in total. The number of nitrogens with one attached hydrogen (secondary N) is 1. The van der Waals surface area contributed by atoms with Gasteiger partial charge in [0.15, 0.2) is 0 Å². The SMILES string of the molecule is CCc1cccc(CC)c1-n1nc2c(c1-c1cc(F)c(NC(N)=O)cc1F)CN(Cc1ccc(C(F)(F)F)cc1OC)CC2. The Morgan fingerprint density at radius 2 is 1.73 bits per heavy atom. The molecule has 1 aliphatic rings. The summed E-state index contributed by atoms with van der Waals surface area (Å²) < 4.78 is 78.0. The van der Waals surface area contributed by atoms with Crippen molar-refractivity contribution in [3.05, 3.63) is 93.7 Å². The van der Waals surface area contributed by atoms with E-state index in [1.807, 2.05) is 36.9 Å². The van der Waals surface area contributed by atoms with Gasteiger partial charge in [-0.15, -0.1) is 0 Å². The van der Waals surface area contributed by atoms with Gasteiger partial charge in [-0.25, -0.2) is 18.3 Å². The molecular weight excluding hydrogens is 581 g/mol. The van der Waals surface area contributed by atoms with Crippen molar-refractivity contribution in [3.63, 3.8) is 0 Å². The summed E-state index contributed by atoms with van der Waals surface area (Å²) in [5.74, 6) is -1.55. The molecule has 0 spiro atoms. The Balaban J connectivity index is 1.64. The molecule has 5 rings (SSSR count). The molecule has 3 aromatic carbocycles. The number of amides is 2. The largest absolute Gasteiger partial charge is 0.496 e. The highest BCUT2D eigenvalue weighted by molar-refractivity contribution is 5.88. The molecule has 232 valence electrons. The van der Waals surface area contributed by atoms with Gasteiger partial charge in [0.1, 0.15) is 17.4 Å². The predicted molar refractivity (Wildman–Crippen MR) is 157 cm³/mol. The number of carbonyl (C=O) groups excluding carboxylic acids is 1. The number of benzene rings is 3. The van der Waals surface area contributed by atoms with Gasteiger partial charge in [0.2, 0.25) is 0 Å². The second kappa shape index (κ2) is 12.3. The van der Waals surface area contributed by atoms with Crippen LogP contribution in [0.25, 0.3) is 16.9 Å². The third-order valence-electron chi connectivity index (χ3n) is 7.87. The minimum absolute atomic E-state index is 0.0480. The van der Waals surface area contributed by atoms with E-state index >= 15 is 8.78 Å². The first-order valence-corrected chi connectivity index (χ1v) is 14.2. The van der Waals surface area contributed by atoms with E-state index in [1.54, 1.807) is 4.68 Å². The smallest absolute Gasteiger partial charge is 0.416 e. The normalized spacial score (nSPS) is 13.5. The zero-order valence-corrected chi connectivity index (χ0v) is 24.5. The van der Waals surface area contributed by atoms with Crippen LogP contribution in [-0.4, -0.2) is 34.4 Å². The maximum atomic E-state index is 15.8. The predicted octanol–water partition coefficient (Wildman–Crippen LogP) is 7.02. The Labute approximate surface area is 251 Å². The fraction of sp³-hybridized carbons (Fsp3) is 0.312. The van der Waals surface area contributed by atoms with Crippen molar-refractivity contribution in [1.82, 2.24) is 14.7 Å². The van der Waals surface area contributed by atoms with Crippen LogP contribution in [0, 0.1) is 11.6 Å². The minimum atomic E-state index is -4.51. The number of ether oxygens (including phenoxy) is 1. The Morgan fingerprint density at radius 3 is 2.34 bits per heavy atom. The number of carbonyl (C=O) groups is 1.